The van der Waals surface area contributed by atoms with Crippen molar-refractivity contribution >= 4 is 32.5 Å². The first-order chi connectivity index (χ1) is 8.05. The van der Waals surface area contributed by atoms with Crippen LogP contribution in [0.5, 0.6) is 0 Å². The van der Waals surface area contributed by atoms with Crippen molar-refractivity contribution in [3.63, 3.8) is 0 Å². The van der Waals surface area contributed by atoms with Crippen LogP contribution in [0.2, 0.25) is 0 Å². The zero-order chi connectivity index (χ0) is 12.3. The second-order valence-corrected chi connectivity index (χ2v) is 6.56. The molecule has 0 bridgehead atoms. The number of benzene rings is 1. The Labute approximate surface area is 104 Å². The molecule has 1 aromatic rings. The van der Waals surface area contributed by atoms with Gasteiger partial charge in [0.05, 0.1) is 17.1 Å². The fourth-order valence-corrected chi connectivity index (χ4v) is 2.57. The molecule has 0 amide bonds. The Morgan fingerprint density at radius 3 is 2.82 bits per heavy atom. The van der Waals surface area contributed by atoms with E-state index in [9.17, 15) is 8.42 Å². The first-order valence-corrected chi connectivity index (χ1v) is 7.82. The van der Waals surface area contributed by atoms with Crippen LogP contribution in [0.1, 0.15) is 0 Å². The number of hydrogen-bond acceptors (Lipinski definition) is 6. The van der Waals surface area contributed by atoms with E-state index in [1.54, 1.807) is 23.9 Å². The van der Waals surface area contributed by atoms with E-state index in [4.69, 9.17) is 0 Å². The van der Waals surface area contributed by atoms with Crippen LogP contribution in [0.3, 0.4) is 0 Å². The average Bonchev–Trinajstić information content (AvgIpc) is 2.78. The predicted molar refractivity (Wildman–Crippen MR) is 68.8 cm³/mol. The first-order valence-electron chi connectivity index (χ1n) is 4.95. The van der Waals surface area contributed by atoms with Gasteiger partial charge in [-0.15, -0.1) is 10.2 Å². The Morgan fingerprint density at radius 1 is 1.35 bits per heavy atom. The smallest absolute Gasteiger partial charge is 0.204 e. The molecule has 90 valence electrons. The van der Waals surface area contributed by atoms with Crippen LogP contribution in [0, 0.1) is 0 Å². The number of aliphatic imine (C=N–C) groups is 1. The molecule has 7 heteroatoms. The molecule has 0 aliphatic carbocycles. The summed E-state index contributed by atoms with van der Waals surface area (Å²) in [5.41, 5.74) is 0.517. The van der Waals surface area contributed by atoms with Gasteiger partial charge < -0.3 is 0 Å². The number of amidine groups is 1. The molecule has 1 heterocycles. The van der Waals surface area contributed by atoms with Crippen molar-refractivity contribution in [3.05, 3.63) is 24.3 Å². The lowest BCUT2D eigenvalue weighted by Gasteiger charge is -1.98. The second kappa shape index (κ2) is 4.97. The molecule has 0 unspecified atom stereocenters. The van der Waals surface area contributed by atoms with Gasteiger partial charge in [-0.2, -0.15) is 0 Å². The maximum absolute atomic E-state index is 11.3. The van der Waals surface area contributed by atoms with Crippen LogP contribution in [0.15, 0.2) is 44.4 Å². The maximum Gasteiger partial charge on any atom is 0.204 e. The van der Waals surface area contributed by atoms with Gasteiger partial charge in [0, 0.05) is 12.0 Å². The molecule has 0 saturated carbocycles. The van der Waals surface area contributed by atoms with Gasteiger partial charge in [-0.05, 0) is 18.2 Å². The number of hydrogen-bond donors (Lipinski definition) is 0. The quantitative estimate of drug-likeness (QED) is 0.773. The van der Waals surface area contributed by atoms with Crippen molar-refractivity contribution in [3.8, 4) is 0 Å². The molecule has 0 fully saturated rings. The lowest BCUT2D eigenvalue weighted by atomic mass is 10.3. The number of rotatable bonds is 2. The summed E-state index contributed by atoms with van der Waals surface area (Å²) in [6.07, 6.45) is 1.17. The van der Waals surface area contributed by atoms with Crippen molar-refractivity contribution in [1.82, 2.24) is 0 Å². The monoisotopic (exact) mass is 269 g/mol. The minimum atomic E-state index is -3.20. The molecular formula is C10H11N3O2S2. The third kappa shape index (κ3) is 3.37. The lowest BCUT2D eigenvalue weighted by Crippen LogP contribution is -1.95. The molecule has 5 nitrogen and oxygen atoms in total. The Hall–Kier alpha value is -1.21. The zero-order valence-corrected chi connectivity index (χ0v) is 10.8. The van der Waals surface area contributed by atoms with Crippen molar-refractivity contribution in [1.29, 1.82) is 0 Å². The SMILES string of the molecule is CS(=O)(=O)c1cccc(/N=N/C2=NCCS2)c1. The summed E-state index contributed by atoms with van der Waals surface area (Å²) >= 11 is 1.54. The van der Waals surface area contributed by atoms with Gasteiger partial charge in [-0.25, -0.2) is 8.42 Å². The highest BCUT2D eigenvalue weighted by atomic mass is 32.2. The van der Waals surface area contributed by atoms with Crippen molar-refractivity contribution in [2.45, 2.75) is 4.90 Å². The molecule has 2 rings (SSSR count). The standard InChI is InChI=1S/C10H11N3O2S2/c1-17(14,15)9-4-2-3-8(7-9)12-13-10-11-5-6-16-10/h2-4,7H,5-6H2,1H3/b13-12+. The van der Waals surface area contributed by atoms with E-state index >= 15 is 0 Å². The van der Waals surface area contributed by atoms with Gasteiger partial charge in [0.2, 0.25) is 5.17 Å². The Kier molecular flexibility index (Phi) is 3.58. The largest absolute Gasteiger partial charge is 0.258 e. The fourth-order valence-electron chi connectivity index (χ4n) is 1.26. The molecule has 0 radical (unpaired) electrons. The third-order valence-corrected chi connectivity index (χ3v) is 4.03. The van der Waals surface area contributed by atoms with Crippen molar-refractivity contribution < 1.29 is 8.42 Å². The summed E-state index contributed by atoms with van der Waals surface area (Å²) in [6, 6.07) is 6.39. The van der Waals surface area contributed by atoms with E-state index in [-0.39, 0.29) is 4.90 Å². The van der Waals surface area contributed by atoms with Crippen molar-refractivity contribution in [2.75, 3.05) is 18.6 Å². The Balaban J connectivity index is 2.22. The highest BCUT2D eigenvalue weighted by Gasteiger charge is 2.08. The minimum Gasteiger partial charge on any atom is -0.258 e. The Bertz CT molecular complexity index is 579. The van der Waals surface area contributed by atoms with E-state index in [0.29, 0.717) is 10.9 Å². The molecule has 0 spiro atoms. The molecule has 0 N–H and O–H groups in total. The summed E-state index contributed by atoms with van der Waals surface area (Å²) in [6.45, 7) is 0.766. The van der Waals surface area contributed by atoms with Gasteiger partial charge in [0.15, 0.2) is 9.84 Å². The number of thioether (sulfide) groups is 1. The normalized spacial score (nSPS) is 16.4. The minimum absolute atomic E-state index is 0.245. The van der Waals surface area contributed by atoms with Crippen LogP contribution in [-0.4, -0.2) is 32.1 Å². The van der Waals surface area contributed by atoms with Crippen LogP contribution < -0.4 is 0 Å². The van der Waals surface area contributed by atoms with Gasteiger partial charge >= 0.3 is 0 Å². The highest BCUT2D eigenvalue weighted by Crippen LogP contribution is 2.20. The van der Waals surface area contributed by atoms with E-state index in [2.05, 4.69) is 15.2 Å². The molecular weight excluding hydrogens is 258 g/mol. The molecule has 0 atom stereocenters. The van der Waals surface area contributed by atoms with Gasteiger partial charge in [-0.1, -0.05) is 17.8 Å². The summed E-state index contributed by atoms with van der Waals surface area (Å²) in [5, 5.41) is 8.58. The summed E-state index contributed by atoms with van der Waals surface area (Å²) in [4.78, 5) is 4.37. The molecule has 17 heavy (non-hydrogen) atoms. The Morgan fingerprint density at radius 2 is 2.18 bits per heavy atom. The molecule has 0 aromatic heterocycles. The molecule has 1 aliphatic rings. The maximum atomic E-state index is 11.3. The van der Waals surface area contributed by atoms with Crippen LogP contribution in [-0.2, 0) is 9.84 Å². The van der Waals surface area contributed by atoms with Crippen LogP contribution in [0.4, 0.5) is 5.69 Å². The fraction of sp³-hybridized carbons (Fsp3) is 0.300. The second-order valence-electron chi connectivity index (χ2n) is 3.48. The predicted octanol–water partition coefficient (Wildman–Crippen LogP) is 2.28. The van der Waals surface area contributed by atoms with Crippen molar-refractivity contribution in [2.24, 2.45) is 15.2 Å². The summed E-state index contributed by atoms with van der Waals surface area (Å²) in [7, 11) is -3.20. The van der Waals surface area contributed by atoms with E-state index in [1.807, 2.05) is 0 Å². The average molecular weight is 269 g/mol. The third-order valence-electron chi connectivity index (χ3n) is 2.07. The number of sulfone groups is 1. The molecule has 1 aromatic carbocycles. The number of nitrogens with zero attached hydrogens (tertiary/aromatic N) is 3. The zero-order valence-electron chi connectivity index (χ0n) is 9.20. The lowest BCUT2D eigenvalue weighted by molar-refractivity contribution is 0.602. The van der Waals surface area contributed by atoms with E-state index in [1.165, 1.54) is 18.4 Å². The van der Waals surface area contributed by atoms with Crippen LogP contribution >= 0.6 is 11.8 Å². The number of azo groups is 1. The topological polar surface area (TPSA) is 71.2 Å². The first kappa shape index (κ1) is 12.3. The summed E-state index contributed by atoms with van der Waals surface area (Å²) < 4.78 is 22.7. The summed E-state index contributed by atoms with van der Waals surface area (Å²) in [5.74, 6) is 0.928. The highest BCUT2D eigenvalue weighted by molar-refractivity contribution is 8.14. The molecule has 0 saturated heterocycles. The molecule has 1 aliphatic heterocycles. The van der Waals surface area contributed by atoms with Gasteiger partial charge in [0.25, 0.3) is 0 Å². The van der Waals surface area contributed by atoms with E-state index < -0.39 is 9.84 Å². The van der Waals surface area contributed by atoms with Crippen LogP contribution in [0.25, 0.3) is 0 Å². The van der Waals surface area contributed by atoms with Gasteiger partial charge in [-0.3, -0.25) is 4.99 Å². The van der Waals surface area contributed by atoms with Gasteiger partial charge in [0.1, 0.15) is 0 Å². The van der Waals surface area contributed by atoms with E-state index in [0.717, 1.165) is 12.3 Å².